The molecule has 0 aliphatic heterocycles. The highest BCUT2D eigenvalue weighted by Crippen LogP contribution is 2.20. The van der Waals surface area contributed by atoms with E-state index in [4.69, 9.17) is 16.3 Å². The van der Waals surface area contributed by atoms with Gasteiger partial charge in [-0.3, -0.25) is 4.79 Å². The van der Waals surface area contributed by atoms with Gasteiger partial charge in [-0.25, -0.2) is 0 Å². The zero-order valence-electron chi connectivity index (χ0n) is 11.9. The number of benzene rings is 2. The van der Waals surface area contributed by atoms with E-state index in [1.54, 1.807) is 0 Å². The lowest BCUT2D eigenvalue weighted by molar-refractivity contribution is -0.141. The Balaban J connectivity index is 2.09. The minimum absolute atomic E-state index is 0.102. The summed E-state index contributed by atoms with van der Waals surface area (Å²) >= 11 is 6.16. The molecule has 1 N–H and O–H groups in total. The van der Waals surface area contributed by atoms with E-state index < -0.39 is 0 Å². The third-order valence-corrected chi connectivity index (χ3v) is 3.67. The van der Waals surface area contributed by atoms with Crippen LogP contribution in [0.2, 0.25) is 5.02 Å². The molecule has 0 saturated carbocycles. The lowest BCUT2D eigenvalue weighted by atomic mass is 10.0. The number of rotatable bonds is 6. The minimum atomic E-state index is -0.240. The molecule has 4 heteroatoms. The molecule has 0 bridgehead atoms. The first-order valence-corrected chi connectivity index (χ1v) is 7.17. The first-order valence-electron chi connectivity index (χ1n) is 6.79. The Kier molecular flexibility index (Phi) is 5.78. The molecule has 110 valence electrons. The van der Waals surface area contributed by atoms with Crippen molar-refractivity contribution in [3.63, 3.8) is 0 Å². The molecule has 2 aromatic rings. The van der Waals surface area contributed by atoms with Crippen molar-refractivity contribution in [3.8, 4) is 0 Å². The van der Waals surface area contributed by atoms with E-state index in [1.807, 2.05) is 54.6 Å². The molecule has 21 heavy (non-hydrogen) atoms. The topological polar surface area (TPSA) is 38.3 Å². The number of carbonyl (C=O) groups excluding carboxylic acids is 1. The van der Waals surface area contributed by atoms with Crippen LogP contribution in [0, 0.1) is 0 Å². The van der Waals surface area contributed by atoms with Gasteiger partial charge in [0.1, 0.15) is 0 Å². The van der Waals surface area contributed by atoms with Crippen molar-refractivity contribution >= 4 is 17.6 Å². The number of nitrogens with one attached hydrogen (secondary N) is 1. The summed E-state index contributed by atoms with van der Waals surface area (Å²) < 4.78 is 4.77. The molecule has 0 fully saturated rings. The lowest BCUT2D eigenvalue weighted by Gasteiger charge is -2.18. The number of hydrogen-bond donors (Lipinski definition) is 1. The van der Waals surface area contributed by atoms with Crippen LogP contribution in [0.4, 0.5) is 0 Å². The smallest absolute Gasteiger partial charge is 0.307 e. The maximum absolute atomic E-state index is 11.6. The largest absolute Gasteiger partial charge is 0.469 e. The van der Waals surface area contributed by atoms with Gasteiger partial charge in [0.25, 0.3) is 0 Å². The van der Waals surface area contributed by atoms with Gasteiger partial charge >= 0.3 is 5.97 Å². The standard InChI is InChI=1S/C17H18ClNO2/c1-21-17(20)11-16(13-7-3-2-4-8-13)19-12-14-9-5-6-10-15(14)18/h2-10,16,19H,11-12H2,1H3. The maximum Gasteiger partial charge on any atom is 0.307 e. The summed E-state index contributed by atoms with van der Waals surface area (Å²) in [6.07, 6.45) is 0.283. The van der Waals surface area contributed by atoms with Crippen LogP contribution in [-0.2, 0) is 16.1 Å². The van der Waals surface area contributed by atoms with Gasteiger partial charge in [0.05, 0.1) is 13.5 Å². The molecule has 0 amide bonds. The molecule has 0 heterocycles. The van der Waals surface area contributed by atoms with E-state index >= 15 is 0 Å². The summed E-state index contributed by atoms with van der Waals surface area (Å²) in [6, 6.07) is 17.4. The van der Waals surface area contributed by atoms with Crippen molar-refractivity contribution in [1.82, 2.24) is 5.32 Å². The van der Waals surface area contributed by atoms with Crippen molar-refractivity contribution in [2.75, 3.05) is 7.11 Å². The highest BCUT2D eigenvalue weighted by Gasteiger charge is 2.16. The minimum Gasteiger partial charge on any atom is -0.469 e. The fourth-order valence-electron chi connectivity index (χ4n) is 2.12. The molecule has 0 saturated heterocycles. The predicted molar refractivity (Wildman–Crippen MR) is 84.1 cm³/mol. The molecular weight excluding hydrogens is 286 g/mol. The molecule has 1 unspecified atom stereocenters. The van der Waals surface area contributed by atoms with E-state index in [0.29, 0.717) is 6.54 Å². The van der Waals surface area contributed by atoms with Crippen LogP contribution in [0.15, 0.2) is 54.6 Å². The van der Waals surface area contributed by atoms with Crippen LogP contribution in [0.3, 0.4) is 0 Å². The summed E-state index contributed by atoms with van der Waals surface area (Å²) in [5.41, 5.74) is 2.06. The third-order valence-electron chi connectivity index (χ3n) is 3.30. The monoisotopic (exact) mass is 303 g/mol. The van der Waals surface area contributed by atoms with Gasteiger partial charge in [0.2, 0.25) is 0 Å². The Hall–Kier alpha value is -1.84. The zero-order valence-corrected chi connectivity index (χ0v) is 12.6. The molecule has 0 aromatic heterocycles. The van der Waals surface area contributed by atoms with Crippen LogP contribution >= 0.6 is 11.6 Å². The molecule has 0 radical (unpaired) electrons. The predicted octanol–water partition coefficient (Wildman–Crippen LogP) is 3.73. The molecule has 2 aromatic carbocycles. The third kappa shape index (κ3) is 4.59. The molecule has 0 aliphatic rings. The van der Waals surface area contributed by atoms with Crippen molar-refractivity contribution in [2.45, 2.75) is 19.0 Å². The highest BCUT2D eigenvalue weighted by molar-refractivity contribution is 6.31. The number of halogens is 1. The molecule has 2 rings (SSSR count). The van der Waals surface area contributed by atoms with Gasteiger partial charge in [-0.05, 0) is 17.2 Å². The second kappa shape index (κ2) is 7.81. The van der Waals surface area contributed by atoms with E-state index in [9.17, 15) is 4.79 Å². The van der Waals surface area contributed by atoms with Crippen LogP contribution in [-0.4, -0.2) is 13.1 Å². The van der Waals surface area contributed by atoms with Gasteiger partial charge in [0.15, 0.2) is 0 Å². The number of methoxy groups -OCH3 is 1. The van der Waals surface area contributed by atoms with Gasteiger partial charge in [-0.15, -0.1) is 0 Å². The second-order valence-corrected chi connectivity index (χ2v) is 5.12. The molecular formula is C17H18ClNO2. The summed E-state index contributed by atoms with van der Waals surface area (Å²) in [6.45, 7) is 0.593. The van der Waals surface area contributed by atoms with Crippen molar-refractivity contribution in [3.05, 3.63) is 70.7 Å². The van der Waals surface area contributed by atoms with Crippen LogP contribution in [0.25, 0.3) is 0 Å². The molecule has 0 spiro atoms. The number of hydrogen-bond acceptors (Lipinski definition) is 3. The number of esters is 1. The van der Waals surface area contributed by atoms with Crippen LogP contribution < -0.4 is 5.32 Å². The van der Waals surface area contributed by atoms with Crippen molar-refractivity contribution in [1.29, 1.82) is 0 Å². The average Bonchev–Trinajstić information content (AvgIpc) is 2.53. The maximum atomic E-state index is 11.6. The second-order valence-electron chi connectivity index (χ2n) is 4.72. The molecule has 1 atom stereocenters. The first-order chi connectivity index (χ1) is 10.2. The number of ether oxygens (including phenoxy) is 1. The summed E-state index contributed by atoms with van der Waals surface area (Å²) in [7, 11) is 1.40. The SMILES string of the molecule is COC(=O)CC(NCc1ccccc1Cl)c1ccccc1. The van der Waals surface area contributed by atoms with Gasteiger partial charge in [0, 0.05) is 17.6 Å². The van der Waals surface area contributed by atoms with E-state index in [2.05, 4.69) is 5.32 Å². The summed E-state index contributed by atoms with van der Waals surface area (Å²) in [4.78, 5) is 11.6. The van der Waals surface area contributed by atoms with Crippen LogP contribution in [0.1, 0.15) is 23.6 Å². The van der Waals surface area contributed by atoms with E-state index in [-0.39, 0.29) is 18.4 Å². The quantitative estimate of drug-likeness (QED) is 0.826. The van der Waals surface area contributed by atoms with E-state index in [1.165, 1.54) is 7.11 Å². The normalized spacial score (nSPS) is 11.9. The van der Waals surface area contributed by atoms with Crippen molar-refractivity contribution < 1.29 is 9.53 Å². The highest BCUT2D eigenvalue weighted by atomic mass is 35.5. The molecule has 3 nitrogen and oxygen atoms in total. The fraction of sp³-hybridized carbons (Fsp3) is 0.235. The Morgan fingerprint density at radius 2 is 1.81 bits per heavy atom. The average molecular weight is 304 g/mol. The number of carbonyl (C=O) groups is 1. The Morgan fingerprint density at radius 1 is 1.14 bits per heavy atom. The van der Waals surface area contributed by atoms with Gasteiger partial charge in [-0.2, -0.15) is 0 Å². The Bertz CT molecular complexity index is 586. The van der Waals surface area contributed by atoms with Crippen molar-refractivity contribution in [2.24, 2.45) is 0 Å². The molecule has 0 aliphatic carbocycles. The summed E-state index contributed by atoms with van der Waals surface area (Å²) in [5.74, 6) is -0.240. The lowest BCUT2D eigenvalue weighted by Crippen LogP contribution is -2.24. The summed E-state index contributed by atoms with van der Waals surface area (Å²) in [5, 5.41) is 4.09. The Labute approximate surface area is 129 Å². The zero-order chi connectivity index (χ0) is 15.1. The van der Waals surface area contributed by atoms with Gasteiger partial charge in [-0.1, -0.05) is 60.1 Å². The fourth-order valence-corrected chi connectivity index (χ4v) is 2.32. The van der Waals surface area contributed by atoms with Crippen LogP contribution in [0.5, 0.6) is 0 Å². The first kappa shape index (κ1) is 15.5. The Morgan fingerprint density at radius 3 is 2.48 bits per heavy atom. The van der Waals surface area contributed by atoms with E-state index in [0.717, 1.165) is 16.1 Å². The van der Waals surface area contributed by atoms with Gasteiger partial charge < -0.3 is 10.1 Å².